The van der Waals surface area contributed by atoms with Crippen LogP contribution in [0.2, 0.25) is 10.0 Å². The van der Waals surface area contributed by atoms with E-state index in [2.05, 4.69) is 10.3 Å². The molecule has 2 heterocycles. The summed E-state index contributed by atoms with van der Waals surface area (Å²) in [5.74, 6) is -0.982. The quantitative estimate of drug-likeness (QED) is 0.476. The Bertz CT molecular complexity index is 1320. The van der Waals surface area contributed by atoms with E-state index < -0.39 is 11.5 Å². The molecule has 0 fully saturated rings. The number of aromatic nitrogens is 2. The van der Waals surface area contributed by atoms with E-state index in [9.17, 15) is 14.0 Å². The van der Waals surface area contributed by atoms with E-state index >= 15 is 0 Å². The van der Waals surface area contributed by atoms with Crippen LogP contribution in [0.15, 0.2) is 71.7 Å². The fourth-order valence-corrected chi connectivity index (χ4v) is 3.52. The molecule has 150 valence electrons. The van der Waals surface area contributed by atoms with Crippen molar-refractivity contribution >= 4 is 45.8 Å². The largest absolute Gasteiger partial charge is 0.320 e. The van der Waals surface area contributed by atoms with Crippen LogP contribution in [0.5, 0.6) is 0 Å². The Hall–Kier alpha value is -3.22. The second kappa shape index (κ2) is 8.26. The topological polar surface area (TPSA) is 64.0 Å². The van der Waals surface area contributed by atoms with Crippen molar-refractivity contribution in [2.45, 2.75) is 6.54 Å². The first kappa shape index (κ1) is 20.1. The van der Waals surface area contributed by atoms with Crippen LogP contribution in [-0.2, 0) is 6.54 Å². The highest BCUT2D eigenvalue weighted by molar-refractivity contribution is 6.36. The van der Waals surface area contributed by atoms with Gasteiger partial charge in [0.2, 0.25) is 0 Å². The van der Waals surface area contributed by atoms with Crippen LogP contribution in [0.3, 0.4) is 0 Å². The molecule has 2 aromatic heterocycles. The normalized spacial score (nSPS) is 10.9. The summed E-state index contributed by atoms with van der Waals surface area (Å²) in [6.07, 6.45) is 1.57. The fourth-order valence-electron chi connectivity index (χ4n) is 3.07. The van der Waals surface area contributed by atoms with Gasteiger partial charge in [0.05, 0.1) is 17.3 Å². The highest BCUT2D eigenvalue weighted by atomic mass is 35.5. The molecule has 8 heteroatoms. The maximum absolute atomic E-state index is 13.2. The van der Waals surface area contributed by atoms with Crippen LogP contribution in [0.25, 0.3) is 11.0 Å². The van der Waals surface area contributed by atoms with E-state index in [1.165, 1.54) is 28.8 Å². The first-order valence-electron chi connectivity index (χ1n) is 8.92. The second-order valence-corrected chi connectivity index (χ2v) is 7.41. The number of carbonyl (C=O) groups excluding carboxylic acids is 1. The number of nitrogens with zero attached hydrogens (tertiary/aromatic N) is 2. The number of rotatable bonds is 4. The Labute approximate surface area is 180 Å². The Kier molecular flexibility index (Phi) is 5.53. The first-order chi connectivity index (χ1) is 14.4. The third-order valence-corrected chi connectivity index (χ3v) is 5.07. The lowest BCUT2D eigenvalue weighted by atomic mass is 10.1. The number of fused-ring (bicyclic) bond motifs is 1. The predicted octanol–water partition coefficient (Wildman–Crippen LogP) is 5.14. The zero-order chi connectivity index (χ0) is 21.3. The van der Waals surface area contributed by atoms with Crippen molar-refractivity contribution in [1.82, 2.24) is 9.55 Å². The molecule has 0 spiro atoms. The van der Waals surface area contributed by atoms with E-state index in [-0.39, 0.29) is 22.9 Å². The molecule has 4 rings (SSSR count). The third kappa shape index (κ3) is 4.06. The number of anilines is 1. The van der Waals surface area contributed by atoms with Crippen molar-refractivity contribution in [1.29, 1.82) is 0 Å². The van der Waals surface area contributed by atoms with Gasteiger partial charge in [0.25, 0.3) is 11.5 Å². The van der Waals surface area contributed by atoms with E-state index in [0.717, 1.165) is 0 Å². The number of nitrogens with one attached hydrogen (secondary N) is 1. The summed E-state index contributed by atoms with van der Waals surface area (Å²) < 4.78 is 14.6. The molecule has 1 N–H and O–H groups in total. The maximum atomic E-state index is 13.2. The maximum Gasteiger partial charge on any atom is 0.265 e. The molecule has 0 atom stereocenters. The Morgan fingerprint density at radius 2 is 1.83 bits per heavy atom. The van der Waals surface area contributed by atoms with E-state index in [1.54, 1.807) is 42.6 Å². The van der Waals surface area contributed by atoms with Gasteiger partial charge in [-0.15, -0.1) is 0 Å². The van der Waals surface area contributed by atoms with E-state index in [1.807, 2.05) is 0 Å². The Balaban J connectivity index is 1.78. The van der Waals surface area contributed by atoms with Crippen LogP contribution in [0.4, 0.5) is 10.1 Å². The summed E-state index contributed by atoms with van der Waals surface area (Å²) in [6, 6.07) is 15.4. The van der Waals surface area contributed by atoms with Crippen molar-refractivity contribution in [2.24, 2.45) is 0 Å². The van der Waals surface area contributed by atoms with E-state index in [0.29, 0.717) is 27.3 Å². The molecule has 0 aliphatic rings. The minimum Gasteiger partial charge on any atom is -0.320 e. The molecule has 0 unspecified atom stereocenters. The number of carbonyl (C=O) groups is 1. The van der Waals surface area contributed by atoms with Crippen LogP contribution < -0.4 is 10.9 Å². The third-order valence-electron chi connectivity index (χ3n) is 4.53. The van der Waals surface area contributed by atoms with Gasteiger partial charge in [-0.2, -0.15) is 0 Å². The standard InChI is InChI=1S/C22H14Cl2FN3O2/c23-15-5-8-19(18(24)11-15)27-21(29)17-10-14-2-1-9-26-20(14)28(22(17)30)12-13-3-6-16(25)7-4-13/h1-11H,12H2,(H,27,29). The lowest BCUT2D eigenvalue weighted by molar-refractivity contribution is 0.102. The molecular formula is C22H14Cl2FN3O2. The minimum absolute atomic E-state index is 0.0661. The monoisotopic (exact) mass is 441 g/mol. The van der Waals surface area contributed by atoms with Crippen LogP contribution >= 0.6 is 23.2 Å². The summed E-state index contributed by atoms with van der Waals surface area (Å²) in [4.78, 5) is 30.3. The number of pyridine rings is 2. The van der Waals surface area contributed by atoms with Crippen molar-refractivity contribution in [2.75, 3.05) is 5.32 Å². The second-order valence-electron chi connectivity index (χ2n) is 6.57. The van der Waals surface area contributed by atoms with Gasteiger partial charge in [-0.25, -0.2) is 9.37 Å². The van der Waals surface area contributed by atoms with Crippen LogP contribution in [0, 0.1) is 5.82 Å². The highest BCUT2D eigenvalue weighted by Crippen LogP contribution is 2.26. The molecular weight excluding hydrogens is 428 g/mol. The Morgan fingerprint density at radius 1 is 1.07 bits per heavy atom. The average molecular weight is 442 g/mol. The molecule has 2 aromatic carbocycles. The molecule has 0 bridgehead atoms. The lowest BCUT2D eigenvalue weighted by Gasteiger charge is -2.13. The summed E-state index contributed by atoms with van der Waals surface area (Å²) in [5, 5.41) is 3.94. The molecule has 0 saturated heterocycles. The van der Waals surface area contributed by atoms with Gasteiger partial charge in [0.15, 0.2) is 0 Å². The number of hydrogen-bond acceptors (Lipinski definition) is 3. The minimum atomic E-state index is -0.608. The number of amides is 1. The van der Waals surface area contributed by atoms with Crippen molar-refractivity contribution in [3.63, 3.8) is 0 Å². The van der Waals surface area contributed by atoms with Gasteiger partial charge >= 0.3 is 0 Å². The van der Waals surface area contributed by atoms with Gasteiger partial charge in [-0.05, 0) is 54.1 Å². The SMILES string of the molecule is O=C(Nc1ccc(Cl)cc1Cl)c1cc2cccnc2n(Cc2ccc(F)cc2)c1=O. The average Bonchev–Trinajstić information content (AvgIpc) is 2.73. The predicted molar refractivity (Wildman–Crippen MR) is 116 cm³/mol. The highest BCUT2D eigenvalue weighted by Gasteiger charge is 2.18. The molecule has 0 saturated carbocycles. The number of hydrogen-bond donors (Lipinski definition) is 1. The van der Waals surface area contributed by atoms with E-state index in [4.69, 9.17) is 23.2 Å². The zero-order valence-corrected chi connectivity index (χ0v) is 16.9. The molecule has 0 aliphatic carbocycles. The van der Waals surface area contributed by atoms with Crippen LogP contribution in [0.1, 0.15) is 15.9 Å². The summed E-state index contributed by atoms with van der Waals surface area (Å²) in [6.45, 7) is 0.134. The molecule has 5 nitrogen and oxygen atoms in total. The molecule has 0 radical (unpaired) electrons. The summed E-state index contributed by atoms with van der Waals surface area (Å²) in [7, 11) is 0. The van der Waals surface area contributed by atoms with Gasteiger partial charge in [-0.1, -0.05) is 35.3 Å². The van der Waals surface area contributed by atoms with Gasteiger partial charge in [0, 0.05) is 16.6 Å². The zero-order valence-electron chi connectivity index (χ0n) is 15.4. The van der Waals surface area contributed by atoms with Crippen molar-refractivity contribution in [3.05, 3.63) is 104 Å². The lowest BCUT2D eigenvalue weighted by Crippen LogP contribution is -2.30. The Morgan fingerprint density at radius 3 is 2.57 bits per heavy atom. The summed E-state index contributed by atoms with van der Waals surface area (Å²) >= 11 is 12.0. The fraction of sp³-hybridized carbons (Fsp3) is 0.0455. The van der Waals surface area contributed by atoms with Crippen molar-refractivity contribution < 1.29 is 9.18 Å². The van der Waals surface area contributed by atoms with Gasteiger partial charge in [0.1, 0.15) is 17.0 Å². The van der Waals surface area contributed by atoms with Gasteiger partial charge in [-0.3, -0.25) is 14.2 Å². The first-order valence-corrected chi connectivity index (χ1v) is 9.67. The van der Waals surface area contributed by atoms with Gasteiger partial charge < -0.3 is 5.32 Å². The number of benzene rings is 2. The molecule has 4 aromatic rings. The van der Waals surface area contributed by atoms with Crippen molar-refractivity contribution in [3.8, 4) is 0 Å². The van der Waals surface area contributed by atoms with Crippen LogP contribution in [-0.4, -0.2) is 15.5 Å². The molecule has 1 amide bonds. The molecule has 30 heavy (non-hydrogen) atoms. The smallest absolute Gasteiger partial charge is 0.265 e. The number of halogens is 3. The summed E-state index contributed by atoms with van der Waals surface area (Å²) in [5.41, 5.74) is 0.871. The molecule has 0 aliphatic heterocycles.